The van der Waals surface area contributed by atoms with Crippen LogP contribution in [0.3, 0.4) is 0 Å². The molecular weight excluding hydrogens is 734 g/mol. The fourth-order valence-electron chi connectivity index (χ4n) is 4.38. The van der Waals surface area contributed by atoms with Crippen molar-refractivity contribution < 1.29 is 28.7 Å². The highest BCUT2D eigenvalue weighted by atomic mass is 35.5. The third kappa shape index (κ3) is 14.6. The lowest BCUT2D eigenvalue weighted by Gasteiger charge is -2.23. The summed E-state index contributed by atoms with van der Waals surface area (Å²) in [6, 6.07) is 24.7. The van der Waals surface area contributed by atoms with E-state index in [0.717, 1.165) is 0 Å². The van der Waals surface area contributed by atoms with Crippen molar-refractivity contribution in [3.8, 4) is 0 Å². The van der Waals surface area contributed by atoms with Gasteiger partial charge in [-0.15, -0.1) is 0 Å². The second-order valence-electron chi connectivity index (χ2n) is 13.0. The van der Waals surface area contributed by atoms with Gasteiger partial charge in [0.05, 0.1) is 0 Å². The summed E-state index contributed by atoms with van der Waals surface area (Å²) >= 11 is 23.8. The maximum Gasteiger partial charge on any atom is 0.408 e. The molecule has 4 rings (SSSR count). The third-order valence-corrected chi connectivity index (χ3v) is 7.45. The number of amides is 2. The van der Waals surface area contributed by atoms with Crippen LogP contribution >= 0.6 is 46.4 Å². The molecule has 0 aliphatic rings. The van der Waals surface area contributed by atoms with Crippen LogP contribution < -0.4 is 10.6 Å². The lowest BCUT2D eigenvalue weighted by atomic mass is 9.97. The standard InChI is InChI=1S/2C19H19Cl2NO3.CH4/c2*1-19(2,3)25-18(24)22-16(12-7-9-14(20)10-8-12)17(23)13-5-4-6-15(21)11-13;/h2*4-11,16H,1-3H3,(H,22,24);1H4/t16-;;/m1../s1. The lowest BCUT2D eigenvalue weighted by molar-refractivity contribution is 0.0483. The Kier molecular flexibility index (Phi) is 16.0. The largest absolute Gasteiger partial charge is 0.444 e. The predicted octanol–water partition coefficient (Wildman–Crippen LogP) is 11.5. The average Bonchev–Trinajstić information content (AvgIpc) is 3.01. The minimum Gasteiger partial charge on any atom is -0.444 e. The van der Waals surface area contributed by atoms with Crippen LogP contribution in [0.1, 0.15) is 92.9 Å². The first-order valence-corrected chi connectivity index (χ1v) is 16.9. The van der Waals surface area contributed by atoms with E-state index in [9.17, 15) is 19.2 Å². The summed E-state index contributed by atoms with van der Waals surface area (Å²) in [5.74, 6) is -0.591. The second kappa shape index (κ2) is 19.0. The van der Waals surface area contributed by atoms with Crippen LogP contribution in [0.4, 0.5) is 9.59 Å². The molecule has 0 radical (unpaired) electrons. The second-order valence-corrected chi connectivity index (χ2v) is 14.8. The normalized spacial score (nSPS) is 12.1. The smallest absolute Gasteiger partial charge is 0.408 e. The van der Waals surface area contributed by atoms with E-state index in [1.807, 2.05) is 0 Å². The van der Waals surface area contributed by atoms with Gasteiger partial charge in [0.25, 0.3) is 0 Å². The molecule has 0 spiro atoms. The van der Waals surface area contributed by atoms with E-state index in [1.165, 1.54) is 0 Å². The predicted molar refractivity (Wildman–Crippen MR) is 205 cm³/mol. The summed E-state index contributed by atoms with van der Waals surface area (Å²) in [6.45, 7) is 10.5. The number of halogens is 4. The Labute approximate surface area is 319 Å². The Balaban J connectivity index is 0.000000347. The Morgan fingerprint density at radius 3 is 1.10 bits per heavy atom. The van der Waals surface area contributed by atoms with Crippen molar-refractivity contribution in [1.29, 1.82) is 0 Å². The minimum absolute atomic E-state index is 0. The first-order valence-electron chi connectivity index (χ1n) is 15.4. The number of ether oxygens (including phenoxy) is 2. The zero-order valence-corrected chi connectivity index (χ0v) is 31.4. The van der Waals surface area contributed by atoms with Gasteiger partial charge < -0.3 is 20.1 Å². The molecule has 0 saturated carbocycles. The van der Waals surface area contributed by atoms with Crippen LogP contribution in [-0.2, 0) is 9.47 Å². The van der Waals surface area contributed by atoms with Crippen LogP contribution in [0.25, 0.3) is 0 Å². The summed E-state index contributed by atoms with van der Waals surface area (Å²) in [7, 11) is 0. The van der Waals surface area contributed by atoms with E-state index in [2.05, 4.69) is 10.6 Å². The number of Topliss-reactive ketones (excluding diaryl/α,β-unsaturated/α-hetero) is 2. The van der Waals surface area contributed by atoms with E-state index < -0.39 is 35.5 Å². The van der Waals surface area contributed by atoms with Gasteiger partial charge in [-0.05, 0) is 101 Å². The molecule has 0 aliphatic heterocycles. The molecule has 8 nitrogen and oxygen atoms in total. The van der Waals surface area contributed by atoms with E-state index in [1.54, 1.807) is 139 Å². The maximum atomic E-state index is 12.9. The molecule has 0 bridgehead atoms. The molecule has 0 aromatic heterocycles. The molecule has 272 valence electrons. The molecule has 4 aromatic carbocycles. The molecule has 1 unspecified atom stereocenters. The van der Waals surface area contributed by atoms with Crippen LogP contribution in [0.15, 0.2) is 97.1 Å². The molecule has 2 atom stereocenters. The Hall–Kier alpha value is -4.08. The monoisotopic (exact) mass is 774 g/mol. The van der Waals surface area contributed by atoms with Crippen molar-refractivity contribution in [2.45, 2.75) is 72.3 Å². The molecular formula is C39H42Cl4N2O6. The van der Waals surface area contributed by atoms with Crippen molar-refractivity contribution in [2.75, 3.05) is 0 Å². The number of carbonyl (C=O) groups is 4. The highest BCUT2D eigenvalue weighted by Gasteiger charge is 2.28. The summed E-state index contributed by atoms with van der Waals surface area (Å²) in [6.07, 6.45) is -1.36. The highest BCUT2D eigenvalue weighted by molar-refractivity contribution is 6.31. The van der Waals surface area contributed by atoms with Crippen molar-refractivity contribution in [3.05, 3.63) is 139 Å². The van der Waals surface area contributed by atoms with E-state index in [4.69, 9.17) is 55.9 Å². The highest BCUT2D eigenvalue weighted by Crippen LogP contribution is 2.25. The van der Waals surface area contributed by atoms with Gasteiger partial charge >= 0.3 is 12.2 Å². The maximum absolute atomic E-state index is 12.9. The lowest BCUT2D eigenvalue weighted by Crippen LogP contribution is -2.38. The van der Waals surface area contributed by atoms with Gasteiger partial charge in [0.2, 0.25) is 0 Å². The first-order chi connectivity index (χ1) is 23.3. The molecule has 0 saturated heterocycles. The number of hydrogen-bond acceptors (Lipinski definition) is 6. The Morgan fingerprint density at radius 1 is 0.510 bits per heavy atom. The van der Waals surface area contributed by atoms with Gasteiger partial charge in [0, 0.05) is 31.2 Å². The van der Waals surface area contributed by atoms with Gasteiger partial charge in [0.1, 0.15) is 23.3 Å². The Bertz CT molecular complexity index is 1670. The van der Waals surface area contributed by atoms with Gasteiger partial charge in [-0.25, -0.2) is 9.59 Å². The fraction of sp³-hybridized carbons (Fsp3) is 0.282. The number of nitrogens with one attached hydrogen (secondary N) is 2. The summed E-state index contributed by atoms with van der Waals surface area (Å²) in [5, 5.41) is 7.22. The van der Waals surface area contributed by atoms with Crippen LogP contribution in [0, 0.1) is 0 Å². The van der Waals surface area contributed by atoms with E-state index in [0.29, 0.717) is 42.3 Å². The van der Waals surface area contributed by atoms with Crippen LogP contribution in [0.2, 0.25) is 20.1 Å². The quantitative estimate of drug-likeness (QED) is 0.172. The zero-order chi connectivity index (χ0) is 37.2. The number of alkyl carbamates (subject to hydrolysis) is 2. The molecule has 2 amide bonds. The van der Waals surface area contributed by atoms with Gasteiger partial charge in [-0.2, -0.15) is 0 Å². The van der Waals surface area contributed by atoms with Crippen molar-refractivity contribution >= 4 is 70.2 Å². The molecule has 2 N–H and O–H groups in total. The zero-order valence-electron chi connectivity index (χ0n) is 28.4. The van der Waals surface area contributed by atoms with Crippen molar-refractivity contribution in [2.24, 2.45) is 0 Å². The van der Waals surface area contributed by atoms with E-state index >= 15 is 0 Å². The number of rotatable bonds is 8. The first kappa shape index (κ1) is 43.1. The molecule has 0 fully saturated rings. The number of ketones is 2. The molecule has 0 heterocycles. The number of carbonyl (C=O) groups excluding carboxylic acids is 4. The molecule has 12 heteroatoms. The number of hydrogen-bond donors (Lipinski definition) is 2. The minimum atomic E-state index is -0.911. The average molecular weight is 777 g/mol. The fourth-order valence-corrected chi connectivity index (χ4v) is 5.01. The van der Waals surface area contributed by atoms with Gasteiger partial charge in [-0.1, -0.05) is 102 Å². The SMILES string of the molecule is C.CC(C)(C)OC(=O)NC(C(=O)c1cccc(Cl)c1)c1ccc(Cl)cc1.CC(C)(C)OC(=O)N[C@@H](C(=O)c1cccc(Cl)c1)c1ccc(Cl)cc1. The van der Waals surface area contributed by atoms with Gasteiger partial charge in [-0.3, -0.25) is 9.59 Å². The summed E-state index contributed by atoms with van der Waals surface area (Å²) in [4.78, 5) is 50.2. The molecule has 51 heavy (non-hydrogen) atoms. The van der Waals surface area contributed by atoms with E-state index in [-0.39, 0.29) is 19.0 Å². The Morgan fingerprint density at radius 2 is 0.824 bits per heavy atom. The topological polar surface area (TPSA) is 111 Å². The summed E-state index contributed by atoms with van der Waals surface area (Å²) in [5.41, 5.74) is 0.633. The number of benzene rings is 4. The van der Waals surface area contributed by atoms with Crippen LogP contribution in [0.5, 0.6) is 0 Å². The third-order valence-electron chi connectivity index (χ3n) is 6.47. The molecule has 0 aliphatic carbocycles. The van der Waals surface area contributed by atoms with Crippen molar-refractivity contribution in [1.82, 2.24) is 10.6 Å². The molecule has 4 aromatic rings. The summed E-state index contributed by atoms with van der Waals surface area (Å²) < 4.78 is 10.5. The van der Waals surface area contributed by atoms with Gasteiger partial charge in [0.15, 0.2) is 11.6 Å². The van der Waals surface area contributed by atoms with Crippen molar-refractivity contribution in [3.63, 3.8) is 0 Å². The van der Waals surface area contributed by atoms with Crippen LogP contribution in [-0.4, -0.2) is 35.0 Å².